The van der Waals surface area contributed by atoms with Crippen molar-refractivity contribution >= 4 is 11.8 Å². The summed E-state index contributed by atoms with van der Waals surface area (Å²) in [6.07, 6.45) is 2.37. The molecule has 1 aliphatic heterocycles. The Hall–Kier alpha value is -2.01. The molecule has 3 rings (SSSR count). The number of pyridine rings is 1. The molecule has 2 aromatic heterocycles. The molecule has 0 bridgehead atoms. The summed E-state index contributed by atoms with van der Waals surface area (Å²) in [5.41, 5.74) is 3.10. The van der Waals surface area contributed by atoms with Crippen LogP contribution in [-0.4, -0.2) is 39.5 Å². The average Bonchev–Trinajstić information content (AvgIpc) is 2.54. The number of nitrogens with zero attached hydrogens (tertiary/aromatic N) is 4. The summed E-state index contributed by atoms with van der Waals surface area (Å²) in [4.78, 5) is 16.3. The first-order chi connectivity index (χ1) is 12.0. The van der Waals surface area contributed by atoms with Crippen LogP contribution in [0.3, 0.4) is 0 Å². The van der Waals surface area contributed by atoms with Crippen LogP contribution < -0.4 is 5.32 Å². The second kappa shape index (κ2) is 7.91. The van der Waals surface area contributed by atoms with Crippen LogP contribution in [0.15, 0.2) is 24.3 Å². The molecule has 25 heavy (non-hydrogen) atoms. The number of likely N-dealkylation sites (tertiary alicyclic amines) is 1. The van der Waals surface area contributed by atoms with Crippen LogP contribution >= 0.6 is 0 Å². The third-order valence-electron chi connectivity index (χ3n) is 4.62. The zero-order chi connectivity index (χ0) is 17.8. The minimum Gasteiger partial charge on any atom is -0.309 e. The summed E-state index contributed by atoms with van der Waals surface area (Å²) in [6, 6.07) is 8.18. The first kappa shape index (κ1) is 17.8. The lowest BCUT2D eigenvalue weighted by Gasteiger charge is -2.32. The van der Waals surface area contributed by atoms with Gasteiger partial charge in [-0.15, -0.1) is 0 Å². The number of hydrogen-bond acceptors (Lipinski definition) is 5. The normalized spacial score (nSPS) is 16.4. The van der Waals surface area contributed by atoms with Gasteiger partial charge < -0.3 is 10.2 Å². The lowest BCUT2D eigenvalue weighted by atomic mass is 9.92. The highest BCUT2D eigenvalue weighted by molar-refractivity contribution is 5.48. The van der Waals surface area contributed by atoms with Crippen molar-refractivity contribution in [3.8, 4) is 0 Å². The summed E-state index contributed by atoms with van der Waals surface area (Å²) in [6.45, 7) is 12.1. The number of piperidine rings is 1. The van der Waals surface area contributed by atoms with Crippen LogP contribution in [0.25, 0.3) is 0 Å². The van der Waals surface area contributed by atoms with Gasteiger partial charge in [-0.2, -0.15) is 0 Å². The van der Waals surface area contributed by atoms with Crippen LogP contribution in [0.4, 0.5) is 11.8 Å². The average molecular weight is 339 g/mol. The van der Waals surface area contributed by atoms with Crippen molar-refractivity contribution in [1.82, 2.24) is 19.9 Å². The van der Waals surface area contributed by atoms with Crippen LogP contribution in [0.5, 0.6) is 0 Å². The third-order valence-corrected chi connectivity index (χ3v) is 4.62. The van der Waals surface area contributed by atoms with Gasteiger partial charge in [-0.05, 0) is 63.9 Å². The van der Waals surface area contributed by atoms with E-state index < -0.39 is 0 Å². The van der Waals surface area contributed by atoms with Crippen LogP contribution in [0.2, 0.25) is 0 Å². The van der Waals surface area contributed by atoms with E-state index in [1.54, 1.807) is 0 Å². The lowest BCUT2D eigenvalue weighted by molar-refractivity contribution is 0.191. The second-order valence-electron chi connectivity index (χ2n) is 7.52. The standard InChI is InChI=1S/C20H29N5/c1-14(2)13-25-10-8-17(9-11-25)18-6-5-7-19(23-18)24-20-21-15(3)12-16(4)22-20/h5-7,12,14,17H,8-11,13H2,1-4H3,(H,21,22,23,24). The summed E-state index contributed by atoms with van der Waals surface area (Å²) < 4.78 is 0. The number of anilines is 2. The van der Waals surface area contributed by atoms with E-state index in [1.807, 2.05) is 26.0 Å². The molecule has 1 aliphatic rings. The van der Waals surface area contributed by atoms with Gasteiger partial charge in [0.15, 0.2) is 0 Å². The van der Waals surface area contributed by atoms with Crippen molar-refractivity contribution in [2.24, 2.45) is 5.92 Å². The molecule has 0 saturated carbocycles. The highest BCUT2D eigenvalue weighted by atomic mass is 15.1. The van der Waals surface area contributed by atoms with Crippen LogP contribution in [-0.2, 0) is 0 Å². The highest BCUT2D eigenvalue weighted by Gasteiger charge is 2.22. The summed E-state index contributed by atoms with van der Waals surface area (Å²) in [5.74, 6) is 2.73. The van der Waals surface area contributed by atoms with Gasteiger partial charge >= 0.3 is 0 Å². The molecular formula is C20H29N5. The Balaban J connectivity index is 1.66. The third kappa shape index (κ3) is 4.98. The molecular weight excluding hydrogens is 310 g/mol. The maximum atomic E-state index is 4.83. The summed E-state index contributed by atoms with van der Waals surface area (Å²) in [5, 5.41) is 3.26. The molecule has 0 amide bonds. The Bertz CT molecular complexity index is 685. The van der Waals surface area contributed by atoms with Crippen molar-refractivity contribution in [3.05, 3.63) is 41.3 Å². The van der Waals surface area contributed by atoms with Gasteiger partial charge in [-0.25, -0.2) is 15.0 Å². The highest BCUT2D eigenvalue weighted by Crippen LogP contribution is 2.28. The van der Waals surface area contributed by atoms with Gasteiger partial charge in [0.25, 0.3) is 0 Å². The molecule has 5 nitrogen and oxygen atoms in total. The molecule has 0 radical (unpaired) electrons. The molecule has 0 aliphatic carbocycles. The van der Waals surface area contributed by atoms with Crippen molar-refractivity contribution < 1.29 is 0 Å². The Kier molecular flexibility index (Phi) is 5.63. The smallest absolute Gasteiger partial charge is 0.228 e. The maximum Gasteiger partial charge on any atom is 0.228 e. The molecule has 2 aromatic rings. The van der Waals surface area contributed by atoms with Crippen LogP contribution in [0.1, 0.15) is 49.7 Å². The molecule has 5 heteroatoms. The van der Waals surface area contributed by atoms with Gasteiger partial charge in [0.2, 0.25) is 5.95 Å². The first-order valence-corrected chi connectivity index (χ1v) is 9.28. The Morgan fingerprint density at radius 2 is 1.76 bits per heavy atom. The monoisotopic (exact) mass is 339 g/mol. The molecule has 1 fully saturated rings. The molecule has 0 aromatic carbocycles. The van der Waals surface area contributed by atoms with Crippen molar-refractivity contribution in [2.75, 3.05) is 25.0 Å². The van der Waals surface area contributed by atoms with E-state index in [2.05, 4.69) is 46.2 Å². The molecule has 0 atom stereocenters. The predicted molar refractivity (Wildman–Crippen MR) is 102 cm³/mol. The van der Waals surface area contributed by atoms with E-state index in [-0.39, 0.29) is 0 Å². The Labute approximate surface area is 150 Å². The molecule has 134 valence electrons. The Morgan fingerprint density at radius 3 is 2.40 bits per heavy atom. The van der Waals surface area contributed by atoms with Crippen molar-refractivity contribution in [3.63, 3.8) is 0 Å². The molecule has 0 spiro atoms. The second-order valence-corrected chi connectivity index (χ2v) is 7.52. The maximum absolute atomic E-state index is 4.83. The van der Waals surface area contributed by atoms with Gasteiger partial charge in [-0.3, -0.25) is 0 Å². The lowest BCUT2D eigenvalue weighted by Crippen LogP contribution is -2.35. The topological polar surface area (TPSA) is 53.9 Å². The summed E-state index contributed by atoms with van der Waals surface area (Å²) in [7, 11) is 0. The zero-order valence-electron chi connectivity index (χ0n) is 15.8. The van der Waals surface area contributed by atoms with E-state index in [4.69, 9.17) is 4.98 Å². The fourth-order valence-corrected chi connectivity index (χ4v) is 3.57. The largest absolute Gasteiger partial charge is 0.309 e. The van der Waals surface area contributed by atoms with E-state index >= 15 is 0 Å². The minimum atomic E-state index is 0.547. The van der Waals surface area contributed by atoms with Gasteiger partial charge in [0, 0.05) is 29.5 Å². The zero-order valence-corrected chi connectivity index (χ0v) is 15.8. The van der Waals surface area contributed by atoms with Gasteiger partial charge in [0.1, 0.15) is 5.82 Å². The van der Waals surface area contributed by atoms with E-state index in [0.717, 1.165) is 23.1 Å². The molecule has 1 N–H and O–H groups in total. The number of rotatable bonds is 5. The van der Waals surface area contributed by atoms with E-state index in [0.29, 0.717) is 11.9 Å². The number of nitrogens with one attached hydrogen (secondary N) is 1. The first-order valence-electron chi connectivity index (χ1n) is 9.28. The molecule has 1 saturated heterocycles. The van der Waals surface area contributed by atoms with E-state index in [9.17, 15) is 0 Å². The number of aryl methyl sites for hydroxylation is 2. The fourth-order valence-electron chi connectivity index (χ4n) is 3.57. The quantitative estimate of drug-likeness (QED) is 0.890. The van der Waals surface area contributed by atoms with Crippen molar-refractivity contribution in [2.45, 2.75) is 46.5 Å². The van der Waals surface area contributed by atoms with Crippen LogP contribution in [0, 0.1) is 19.8 Å². The minimum absolute atomic E-state index is 0.547. The predicted octanol–water partition coefficient (Wildman–Crippen LogP) is 4.07. The van der Waals surface area contributed by atoms with E-state index in [1.165, 1.54) is 38.2 Å². The van der Waals surface area contributed by atoms with Crippen molar-refractivity contribution in [1.29, 1.82) is 0 Å². The van der Waals surface area contributed by atoms with Gasteiger partial charge in [0.05, 0.1) is 0 Å². The summed E-state index contributed by atoms with van der Waals surface area (Å²) >= 11 is 0. The molecule has 3 heterocycles. The Morgan fingerprint density at radius 1 is 1.08 bits per heavy atom. The van der Waals surface area contributed by atoms with Gasteiger partial charge in [-0.1, -0.05) is 19.9 Å². The fraction of sp³-hybridized carbons (Fsp3) is 0.550. The SMILES string of the molecule is Cc1cc(C)nc(Nc2cccc(C3CCN(CC(C)C)CC3)n2)n1. The molecule has 0 unspecified atom stereocenters. The number of aromatic nitrogens is 3. The number of hydrogen-bond donors (Lipinski definition) is 1.